The number of hydrogen-bond donors (Lipinski definition) is 1. The molecule has 0 amide bonds. The van der Waals surface area contributed by atoms with Gasteiger partial charge in [0.05, 0.1) is 0 Å². The SMILES string of the molecule is CCC(C)CCCN(C)P(C)CCS. The molecule has 0 aromatic heterocycles. The molecule has 2 atom stereocenters. The lowest BCUT2D eigenvalue weighted by molar-refractivity contribution is 0.443. The van der Waals surface area contributed by atoms with Crippen LogP contribution in [0.2, 0.25) is 0 Å². The molecule has 0 rings (SSSR count). The zero-order chi connectivity index (χ0) is 11.0. The molecule has 86 valence electrons. The minimum Gasteiger partial charge on any atom is -0.285 e. The Morgan fingerprint density at radius 1 is 1.43 bits per heavy atom. The molecule has 0 N–H and O–H groups in total. The first-order valence-corrected chi connectivity index (χ1v) is 8.20. The van der Waals surface area contributed by atoms with Gasteiger partial charge in [-0.15, -0.1) is 0 Å². The van der Waals surface area contributed by atoms with Crippen LogP contribution in [0, 0.1) is 5.92 Å². The first kappa shape index (κ1) is 14.7. The van der Waals surface area contributed by atoms with Crippen LogP contribution in [0.1, 0.15) is 33.1 Å². The van der Waals surface area contributed by atoms with Crippen LogP contribution in [-0.2, 0) is 0 Å². The highest BCUT2D eigenvalue weighted by Gasteiger charge is 2.07. The van der Waals surface area contributed by atoms with E-state index in [0.29, 0.717) is 0 Å². The first-order chi connectivity index (χ1) is 6.61. The molecule has 0 fully saturated rings. The maximum atomic E-state index is 4.28. The molecule has 0 spiro atoms. The van der Waals surface area contributed by atoms with Crippen molar-refractivity contribution in [2.45, 2.75) is 33.1 Å². The molecule has 0 aliphatic heterocycles. The van der Waals surface area contributed by atoms with E-state index in [1.165, 1.54) is 32.0 Å². The minimum absolute atomic E-state index is 0.0799. The third kappa shape index (κ3) is 7.09. The number of nitrogens with zero attached hydrogens (tertiary/aromatic N) is 1. The maximum absolute atomic E-state index is 4.28. The molecule has 0 heterocycles. The molecule has 0 radical (unpaired) electrons. The summed E-state index contributed by atoms with van der Waals surface area (Å²) in [5.41, 5.74) is 0. The molecular weight excluding hydrogens is 209 g/mol. The number of hydrogen-bond acceptors (Lipinski definition) is 2. The van der Waals surface area contributed by atoms with Gasteiger partial charge in [0, 0.05) is 6.54 Å². The van der Waals surface area contributed by atoms with Crippen molar-refractivity contribution in [3.05, 3.63) is 0 Å². The van der Waals surface area contributed by atoms with Crippen molar-refractivity contribution < 1.29 is 0 Å². The standard InChI is InChI=1S/C11H26NPS/c1-5-11(2)7-6-8-12(3)13(4)9-10-14/h11,14H,5-10H2,1-4H3. The normalized spacial score (nSPS) is 15.9. The molecule has 0 saturated heterocycles. The van der Waals surface area contributed by atoms with Gasteiger partial charge in [0.2, 0.25) is 0 Å². The van der Waals surface area contributed by atoms with Crippen LogP contribution in [-0.4, -0.2) is 36.8 Å². The Labute approximate surface area is 96.9 Å². The van der Waals surface area contributed by atoms with Gasteiger partial charge in [-0.2, -0.15) is 12.6 Å². The first-order valence-electron chi connectivity index (χ1n) is 5.64. The monoisotopic (exact) mass is 235 g/mol. The van der Waals surface area contributed by atoms with Gasteiger partial charge in [-0.1, -0.05) is 20.3 Å². The second-order valence-corrected chi connectivity index (χ2v) is 7.03. The van der Waals surface area contributed by atoms with Crippen molar-refractivity contribution >= 4 is 20.7 Å². The van der Waals surface area contributed by atoms with Gasteiger partial charge >= 0.3 is 0 Å². The highest BCUT2D eigenvalue weighted by Crippen LogP contribution is 2.34. The van der Waals surface area contributed by atoms with Gasteiger partial charge in [0.1, 0.15) is 0 Å². The fourth-order valence-corrected chi connectivity index (χ4v) is 3.34. The second-order valence-electron chi connectivity index (χ2n) is 4.14. The van der Waals surface area contributed by atoms with E-state index in [2.05, 4.69) is 44.9 Å². The summed E-state index contributed by atoms with van der Waals surface area (Å²) in [6.45, 7) is 8.25. The Hall–Kier alpha value is 0.740. The van der Waals surface area contributed by atoms with E-state index in [1.54, 1.807) is 0 Å². The van der Waals surface area contributed by atoms with E-state index >= 15 is 0 Å². The quantitative estimate of drug-likeness (QED) is 0.496. The summed E-state index contributed by atoms with van der Waals surface area (Å²) in [6.07, 6.45) is 5.31. The summed E-state index contributed by atoms with van der Waals surface area (Å²) in [5.74, 6) is 1.93. The Morgan fingerprint density at radius 3 is 2.57 bits per heavy atom. The zero-order valence-corrected chi connectivity index (χ0v) is 12.0. The molecule has 0 aliphatic rings. The van der Waals surface area contributed by atoms with Crippen molar-refractivity contribution in [1.82, 2.24) is 4.67 Å². The summed E-state index contributed by atoms with van der Waals surface area (Å²) in [6, 6.07) is 0. The second kappa shape index (κ2) is 9.00. The van der Waals surface area contributed by atoms with Gasteiger partial charge in [0.15, 0.2) is 0 Å². The highest BCUT2D eigenvalue weighted by molar-refractivity contribution is 7.80. The Morgan fingerprint density at radius 2 is 2.07 bits per heavy atom. The van der Waals surface area contributed by atoms with E-state index in [4.69, 9.17) is 0 Å². The van der Waals surface area contributed by atoms with E-state index in [9.17, 15) is 0 Å². The Bertz CT molecular complexity index is 132. The molecule has 0 bridgehead atoms. The maximum Gasteiger partial charge on any atom is 0.00178 e. The number of thiol groups is 1. The van der Waals surface area contributed by atoms with E-state index in [-0.39, 0.29) is 8.07 Å². The van der Waals surface area contributed by atoms with Gasteiger partial charge in [-0.05, 0) is 52.5 Å². The number of rotatable bonds is 8. The largest absolute Gasteiger partial charge is 0.285 e. The summed E-state index contributed by atoms with van der Waals surface area (Å²) in [5, 5.41) is 0. The Balaban J connectivity index is 3.47. The molecular formula is C11H26NPS. The molecule has 14 heavy (non-hydrogen) atoms. The van der Waals surface area contributed by atoms with Gasteiger partial charge in [0.25, 0.3) is 0 Å². The molecule has 0 saturated carbocycles. The lowest BCUT2D eigenvalue weighted by atomic mass is 10.0. The summed E-state index contributed by atoms with van der Waals surface area (Å²) < 4.78 is 2.52. The van der Waals surface area contributed by atoms with Gasteiger partial charge < -0.3 is 0 Å². The fourth-order valence-electron chi connectivity index (χ4n) is 1.36. The molecule has 0 aliphatic carbocycles. The molecule has 0 aromatic carbocycles. The average molecular weight is 235 g/mol. The topological polar surface area (TPSA) is 3.24 Å². The third-order valence-electron chi connectivity index (χ3n) is 2.88. The fraction of sp³-hybridized carbons (Fsp3) is 1.00. The summed E-state index contributed by atoms with van der Waals surface area (Å²) in [7, 11) is 2.34. The van der Waals surface area contributed by atoms with E-state index in [1.807, 2.05) is 0 Å². The minimum atomic E-state index is 0.0799. The van der Waals surface area contributed by atoms with Gasteiger partial charge in [-0.25, -0.2) is 0 Å². The van der Waals surface area contributed by atoms with Crippen LogP contribution >= 0.6 is 20.7 Å². The predicted octanol–water partition coefficient (Wildman–Crippen LogP) is 3.70. The van der Waals surface area contributed by atoms with Crippen molar-refractivity contribution in [2.75, 3.05) is 32.2 Å². The molecule has 1 nitrogen and oxygen atoms in total. The Kier molecular flexibility index (Phi) is 9.48. The predicted molar refractivity (Wildman–Crippen MR) is 72.9 cm³/mol. The molecule has 0 aromatic rings. The van der Waals surface area contributed by atoms with E-state index in [0.717, 1.165) is 11.7 Å². The summed E-state index contributed by atoms with van der Waals surface area (Å²) >= 11 is 4.28. The van der Waals surface area contributed by atoms with Crippen LogP contribution in [0.25, 0.3) is 0 Å². The van der Waals surface area contributed by atoms with E-state index < -0.39 is 0 Å². The van der Waals surface area contributed by atoms with Crippen LogP contribution < -0.4 is 0 Å². The van der Waals surface area contributed by atoms with Crippen LogP contribution in [0.5, 0.6) is 0 Å². The summed E-state index contributed by atoms with van der Waals surface area (Å²) in [4.78, 5) is 0. The van der Waals surface area contributed by atoms with Crippen LogP contribution in [0.4, 0.5) is 0 Å². The lowest BCUT2D eigenvalue weighted by Crippen LogP contribution is -2.15. The smallest absolute Gasteiger partial charge is 0.00178 e. The van der Waals surface area contributed by atoms with Crippen LogP contribution in [0.3, 0.4) is 0 Å². The third-order valence-corrected chi connectivity index (χ3v) is 5.69. The van der Waals surface area contributed by atoms with Crippen molar-refractivity contribution in [3.63, 3.8) is 0 Å². The van der Waals surface area contributed by atoms with Crippen molar-refractivity contribution in [3.8, 4) is 0 Å². The van der Waals surface area contributed by atoms with Gasteiger partial charge in [-0.3, -0.25) is 4.67 Å². The van der Waals surface area contributed by atoms with Crippen molar-refractivity contribution in [1.29, 1.82) is 0 Å². The average Bonchev–Trinajstić information content (AvgIpc) is 2.17. The highest BCUT2D eigenvalue weighted by atomic mass is 32.1. The molecule has 2 unspecified atom stereocenters. The van der Waals surface area contributed by atoms with Crippen molar-refractivity contribution in [2.24, 2.45) is 5.92 Å². The zero-order valence-electron chi connectivity index (χ0n) is 10.2. The molecule has 3 heteroatoms. The van der Waals surface area contributed by atoms with Crippen LogP contribution in [0.15, 0.2) is 0 Å². The lowest BCUT2D eigenvalue weighted by Gasteiger charge is -2.24.